The molecule has 2 aromatic rings. The van der Waals surface area contributed by atoms with Crippen LogP contribution in [0, 0.1) is 11.8 Å². The molecule has 1 atom stereocenters. The van der Waals surface area contributed by atoms with E-state index in [1.807, 2.05) is 30.5 Å². The number of phenols is 1. The van der Waals surface area contributed by atoms with E-state index in [1.165, 1.54) is 17.0 Å². The molecule has 19 heavy (non-hydrogen) atoms. The minimum atomic E-state index is -0.846. The zero-order valence-corrected chi connectivity index (χ0v) is 11.3. The summed E-state index contributed by atoms with van der Waals surface area (Å²) < 4.78 is 0. The molecule has 0 aromatic heterocycles. The lowest BCUT2D eigenvalue weighted by Gasteiger charge is -2.03. The van der Waals surface area contributed by atoms with Gasteiger partial charge in [0.2, 0.25) is 0 Å². The topological polar surface area (TPSA) is 40.5 Å². The standard InChI is InChI=1S/C16H14O2S/c1-19-15-9-2-12(3-10-15)4-11-16(18)13-5-7-14(17)8-6-13/h2-3,5-10,16-18H,1H3/t16-/m1/s1. The number of rotatable bonds is 2. The first-order valence-electron chi connectivity index (χ1n) is 5.81. The fraction of sp³-hybridized carbons (Fsp3) is 0.125. The lowest BCUT2D eigenvalue weighted by molar-refractivity contribution is 0.238. The van der Waals surface area contributed by atoms with Crippen LogP contribution in [-0.4, -0.2) is 16.5 Å². The van der Waals surface area contributed by atoms with Crippen LogP contribution in [0.4, 0.5) is 0 Å². The van der Waals surface area contributed by atoms with Gasteiger partial charge in [0.05, 0.1) is 0 Å². The highest BCUT2D eigenvalue weighted by molar-refractivity contribution is 7.98. The summed E-state index contributed by atoms with van der Waals surface area (Å²) in [5, 5.41) is 19.1. The molecule has 3 heteroatoms. The number of hydrogen-bond donors (Lipinski definition) is 2. The minimum absolute atomic E-state index is 0.177. The summed E-state index contributed by atoms with van der Waals surface area (Å²) in [6.45, 7) is 0. The fourth-order valence-electron chi connectivity index (χ4n) is 1.57. The van der Waals surface area contributed by atoms with Gasteiger partial charge in [-0.05, 0) is 48.2 Å². The summed E-state index contributed by atoms with van der Waals surface area (Å²) in [7, 11) is 0. The quantitative estimate of drug-likeness (QED) is 0.650. The number of aliphatic hydroxyl groups excluding tert-OH is 1. The van der Waals surface area contributed by atoms with E-state index in [1.54, 1.807) is 23.9 Å². The van der Waals surface area contributed by atoms with Crippen LogP contribution in [-0.2, 0) is 0 Å². The molecular formula is C16H14O2S. The van der Waals surface area contributed by atoms with E-state index < -0.39 is 6.10 Å². The number of benzene rings is 2. The number of aromatic hydroxyl groups is 1. The Hall–Kier alpha value is -1.89. The van der Waals surface area contributed by atoms with Gasteiger partial charge in [-0.3, -0.25) is 0 Å². The lowest BCUT2D eigenvalue weighted by atomic mass is 10.1. The second-order valence-electron chi connectivity index (χ2n) is 3.99. The Morgan fingerprint density at radius 1 is 1.00 bits per heavy atom. The van der Waals surface area contributed by atoms with Crippen LogP contribution < -0.4 is 0 Å². The Balaban J connectivity index is 2.11. The minimum Gasteiger partial charge on any atom is -0.508 e. The van der Waals surface area contributed by atoms with Gasteiger partial charge in [-0.25, -0.2) is 0 Å². The Morgan fingerprint density at radius 3 is 2.21 bits per heavy atom. The predicted octanol–water partition coefficient (Wildman–Crippen LogP) is 3.20. The monoisotopic (exact) mass is 270 g/mol. The molecule has 0 fully saturated rings. The molecule has 2 nitrogen and oxygen atoms in total. The highest BCUT2D eigenvalue weighted by Crippen LogP contribution is 2.17. The number of hydrogen-bond acceptors (Lipinski definition) is 3. The molecule has 0 aliphatic heterocycles. The van der Waals surface area contributed by atoms with Gasteiger partial charge < -0.3 is 10.2 Å². The fourth-order valence-corrected chi connectivity index (χ4v) is 1.97. The Bertz CT molecular complexity index is 591. The highest BCUT2D eigenvalue weighted by atomic mass is 32.2. The molecule has 0 saturated carbocycles. The van der Waals surface area contributed by atoms with Crippen molar-refractivity contribution < 1.29 is 10.2 Å². The van der Waals surface area contributed by atoms with Crippen molar-refractivity contribution in [2.45, 2.75) is 11.0 Å². The van der Waals surface area contributed by atoms with Crippen molar-refractivity contribution >= 4 is 11.8 Å². The maximum Gasteiger partial charge on any atom is 0.140 e. The maximum atomic E-state index is 9.91. The molecule has 2 aromatic carbocycles. The molecule has 0 radical (unpaired) electrons. The Labute approximate surface area is 117 Å². The molecule has 2 N–H and O–H groups in total. The van der Waals surface area contributed by atoms with Crippen molar-refractivity contribution in [3.8, 4) is 17.6 Å². The van der Waals surface area contributed by atoms with Crippen LogP contribution in [0.1, 0.15) is 17.2 Å². The summed E-state index contributed by atoms with van der Waals surface area (Å²) in [5.41, 5.74) is 1.54. The van der Waals surface area contributed by atoms with E-state index in [4.69, 9.17) is 0 Å². The third-order valence-electron chi connectivity index (χ3n) is 2.65. The summed E-state index contributed by atoms with van der Waals surface area (Å²) in [5.74, 6) is 5.90. The first kappa shape index (κ1) is 13.5. The molecule has 0 saturated heterocycles. The molecule has 0 aliphatic rings. The normalized spacial score (nSPS) is 11.5. The molecule has 0 bridgehead atoms. The smallest absolute Gasteiger partial charge is 0.140 e. The van der Waals surface area contributed by atoms with E-state index in [2.05, 4.69) is 11.8 Å². The van der Waals surface area contributed by atoms with Gasteiger partial charge in [0.1, 0.15) is 11.9 Å². The van der Waals surface area contributed by atoms with Crippen molar-refractivity contribution in [3.05, 3.63) is 59.7 Å². The summed E-state index contributed by atoms with van der Waals surface area (Å²) in [6.07, 6.45) is 1.18. The Morgan fingerprint density at radius 2 is 1.63 bits per heavy atom. The molecule has 2 rings (SSSR count). The second kappa shape index (κ2) is 6.33. The van der Waals surface area contributed by atoms with Crippen molar-refractivity contribution in [2.75, 3.05) is 6.26 Å². The second-order valence-corrected chi connectivity index (χ2v) is 4.87. The summed E-state index contributed by atoms with van der Waals surface area (Å²) in [4.78, 5) is 1.18. The SMILES string of the molecule is CSc1ccc(C#C[C@@H](O)c2ccc(O)cc2)cc1. The van der Waals surface area contributed by atoms with Crippen LogP contribution in [0.5, 0.6) is 5.75 Å². The van der Waals surface area contributed by atoms with Gasteiger partial charge >= 0.3 is 0 Å². The maximum absolute atomic E-state index is 9.91. The largest absolute Gasteiger partial charge is 0.508 e. The zero-order valence-electron chi connectivity index (χ0n) is 10.5. The van der Waals surface area contributed by atoms with Gasteiger partial charge in [-0.1, -0.05) is 24.0 Å². The first-order chi connectivity index (χ1) is 9.19. The van der Waals surface area contributed by atoms with Gasteiger partial charge in [-0.15, -0.1) is 11.8 Å². The number of thioether (sulfide) groups is 1. The highest BCUT2D eigenvalue weighted by Gasteiger charge is 2.02. The number of aliphatic hydroxyl groups is 1. The molecule has 0 unspecified atom stereocenters. The van der Waals surface area contributed by atoms with Crippen LogP contribution in [0.25, 0.3) is 0 Å². The van der Waals surface area contributed by atoms with Crippen LogP contribution in [0.15, 0.2) is 53.4 Å². The van der Waals surface area contributed by atoms with Crippen molar-refractivity contribution in [2.24, 2.45) is 0 Å². The predicted molar refractivity (Wildman–Crippen MR) is 78.2 cm³/mol. The molecule has 0 spiro atoms. The zero-order chi connectivity index (χ0) is 13.7. The van der Waals surface area contributed by atoms with E-state index in [0.717, 1.165) is 5.56 Å². The van der Waals surface area contributed by atoms with Crippen LogP contribution >= 0.6 is 11.8 Å². The van der Waals surface area contributed by atoms with Crippen molar-refractivity contribution in [1.82, 2.24) is 0 Å². The third kappa shape index (κ3) is 3.78. The number of phenolic OH excluding ortho intramolecular Hbond substituents is 1. The van der Waals surface area contributed by atoms with E-state index in [0.29, 0.717) is 5.56 Å². The van der Waals surface area contributed by atoms with Crippen LogP contribution in [0.3, 0.4) is 0 Å². The molecule has 0 aliphatic carbocycles. The van der Waals surface area contributed by atoms with Gasteiger partial charge in [-0.2, -0.15) is 0 Å². The molecular weight excluding hydrogens is 256 g/mol. The lowest BCUT2D eigenvalue weighted by Crippen LogP contribution is -1.92. The molecule has 0 amide bonds. The van der Waals surface area contributed by atoms with Gasteiger partial charge in [0.25, 0.3) is 0 Å². The van der Waals surface area contributed by atoms with Gasteiger partial charge in [0.15, 0.2) is 0 Å². The van der Waals surface area contributed by atoms with E-state index >= 15 is 0 Å². The molecule has 0 heterocycles. The van der Waals surface area contributed by atoms with E-state index in [9.17, 15) is 10.2 Å². The average molecular weight is 270 g/mol. The third-order valence-corrected chi connectivity index (χ3v) is 3.40. The van der Waals surface area contributed by atoms with Gasteiger partial charge in [0, 0.05) is 10.5 Å². The van der Waals surface area contributed by atoms with Crippen LogP contribution in [0.2, 0.25) is 0 Å². The molecule has 96 valence electrons. The van der Waals surface area contributed by atoms with Crippen molar-refractivity contribution in [3.63, 3.8) is 0 Å². The summed E-state index contributed by atoms with van der Waals surface area (Å²) >= 11 is 1.68. The first-order valence-corrected chi connectivity index (χ1v) is 7.04. The van der Waals surface area contributed by atoms with Crippen molar-refractivity contribution in [1.29, 1.82) is 0 Å². The Kier molecular flexibility index (Phi) is 4.51. The summed E-state index contributed by atoms with van der Waals surface area (Å²) in [6, 6.07) is 14.3. The average Bonchev–Trinajstić information content (AvgIpc) is 2.46. The van der Waals surface area contributed by atoms with E-state index in [-0.39, 0.29) is 5.75 Å².